The van der Waals surface area contributed by atoms with Crippen molar-refractivity contribution in [3.63, 3.8) is 0 Å². The second-order valence-corrected chi connectivity index (χ2v) is 13.8. The maximum Gasteiger partial charge on any atom is 0.258 e. The SMILES string of the molecule is O=C1C2CC=C3C(CC4(Cl)C(=O)N(c5c(F)c(F)c(F)c(F)c5F)C(=O)C4(Cl)C3c3ccc(OCCO)cc3)C2C(=O)N1Cc1ccccc1. The molecule has 50 heavy (non-hydrogen) atoms. The zero-order chi connectivity index (χ0) is 35.9. The van der Waals surface area contributed by atoms with Gasteiger partial charge in [0.15, 0.2) is 33.0 Å². The summed E-state index contributed by atoms with van der Waals surface area (Å²) in [5.74, 6) is -20.4. The van der Waals surface area contributed by atoms with Crippen molar-refractivity contribution in [2.24, 2.45) is 17.8 Å². The molecule has 260 valence electrons. The standard InChI is InChI=1S/C35H25Cl2F5N2O6/c36-34-14-21-19(10-11-20-22(21)31(47)43(30(20)46)15-16-4-2-1-3-5-16)23(17-6-8-18(9-7-17)50-13-12-45)35(34,37)33(49)44(32(34)48)29-27(41)25(39)24(38)26(40)28(29)42/h1-10,20-23,45H,11-15H2. The largest absolute Gasteiger partial charge is 0.491 e. The number of likely N-dealkylation sites (tertiary alicyclic amines) is 1. The summed E-state index contributed by atoms with van der Waals surface area (Å²) in [4.78, 5) is 52.0. The molecule has 2 saturated heterocycles. The lowest BCUT2D eigenvalue weighted by atomic mass is 9.56. The van der Waals surface area contributed by atoms with Gasteiger partial charge in [-0.15, -0.1) is 23.2 Å². The van der Waals surface area contributed by atoms with Crippen molar-refractivity contribution in [3.05, 3.63) is 106 Å². The Morgan fingerprint density at radius 3 is 2.04 bits per heavy atom. The molecule has 3 fully saturated rings. The molecule has 6 atom stereocenters. The smallest absolute Gasteiger partial charge is 0.258 e. The Labute approximate surface area is 291 Å². The summed E-state index contributed by atoms with van der Waals surface area (Å²) in [6.07, 6.45) is 1.07. The lowest BCUT2D eigenvalue weighted by Crippen LogP contribution is -2.60. The molecule has 7 rings (SSSR count). The van der Waals surface area contributed by atoms with Crippen molar-refractivity contribution in [1.29, 1.82) is 0 Å². The molecule has 1 saturated carbocycles. The van der Waals surface area contributed by atoms with Crippen molar-refractivity contribution in [1.82, 2.24) is 4.90 Å². The Bertz CT molecular complexity index is 1970. The van der Waals surface area contributed by atoms with Crippen molar-refractivity contribution in [2.75, 3.05) is 18.1 Å². The van der Waals surface area contributed by atoms with Gasteiger partial charge < -0.3 is 9.84 Å². The number of imide groups is 2. The third-order valence-corrected chi connectivity index (χ3v) is 11.5. The maximum absolute atomic E-state index is 15.2. The second kappa shape index (κ2) is 12.2. The topological polar surface area (TPSA) is 104 Å². The van der Waals surface area contributed by atoms with E-state index in [1.165, 1.54) is 24.3 Å². The fourth-order valence-corrected chi connectivity index (χ4v) is 8.78. The van der Waals surface area contributed by atoms with Crippen LogP contribution in [0, 0.1) is 46.8 Å². The van der Waals surface area contributed by atoms with E-state index in [4.69, 9.17) is 33.0 Å². The van der Waals surface area contributed by atoms with Crippen LogP contribution in [0.4, 0.5) is 27.6 Å². The van der Waals surface area contributed by atoms with E-state index in [-0.39, 0.29) is 36.6 Å². The zero-order valence-corrected chi connectivity index (χ0v) is 27.2. The molecule has 2 aliphatic heterocycles. The first-order valence-corrected chi connectivity index (χ1v) is 16.2. The number of fused-ring (bicyclic) bond motifs is 4. The quantitative estimate of drug-likeness (QED) is 0.0857. The van der Waals surface area contributed by atoms with Gasteiger partial charge in [-0.2, -0.15) is 0 Å². The number of hydrogen-bond acceptors (Lipinski definition) is 6. The van der Waals surface area contributed by atoms with Gasteiger partial charge in [-0.3, -0.25) is 24.1 Å². The van der Waals surface area contributed by atoms with E-state index in [1.54, 1.807) is 36.4 Å². The summed E-state index contributed by atoms with van der Waals surface area (Å²) < 4.78 is 78.7. The first kappa shape index (κ1) is 34.1. The van der Waals surface area contributed by atoms with Crippen LogP contribution in [0.25, 0.3) is 0 Å². The number of hydrogen-bond donors (Lipinski definition) is 1. The number of halogens is 7. The number of ether oxygens (including phenoxy) is 1. The molecule has 15 heteroatoms. The Balaban J connectivity index is 1.38. The number of alkyl halides is 2. The molecule has 2 aliphatic carbocycles. The fourth-order valence-electron chi connectivity index (χ4n) is 7.85. The van der Waals surface area contributed by atoms with Crippen LogP contribution >= 0.6 is 23.2 Å². The van der Waals surface area contributed by atoms with E-state index in [0.717, 1.165) is 4.90 Å². The molecule has 3 aromatic rings. The number of amides is 4. The molecule has 0 spiro atoms. The van der Waals surface area contributed by atoms with Gasteiger partial charge in [-0.05, 0) is 42.0 Å². The molecule has 0 radical (unpaired) electrons. The molecule has 0 aromatic heterocycles. The molecule has 0 bridgehead atoms. The Morgan fingerprint density at radius 2 is 1.42 bits per heavy atom. The van der Waals surface area contributed by atoms with Crippen molar-refractivity contribution in [3.8, 4) is 5.75 Å². The van der Waals surface area contributed by atoms with Crippen LogP contribution in [0.3, 0.4) is 0 Å². The number of benzene rings is 3. The number of carbonyl (C=O) groups excluding carboxylic acids is 4. The Hall–Kier alpha value is -4.33. The van der Waals surface area contributed by atoms with Crippen molar-refractivity contribution in [2.45, 2.75) is 35.1 Å². The molecular formula is C35H25Cl2F5N2O6. The van der Waals surface area contributed by atoms with Crippen LogP contribution < -0.4 is 9.64 Å². The summed E-state index contributed by atoms with van der Waals surface area (Å²) in [5, 5.41) is 9.14. The number of carbonyl (C=O) groups is 4. The highest BCUT2D eigenvalue weighted by Gasteiger charge is 2.77. The highest BCUT2D eigenvalue weighted by atomic mass is 35.5. The molecule has 4 amide bonds. The van der Waals surface area contributed by atoms with Gasteiger partial charge in [0.05, 0.1) is 25.0 Å². The lowest BCUT2D eigenvalue weighted by Gasteiger charge is -2.50. The van der Waals surface area contributed by atoms with Crippen molar-refractivity contribution < 1.29 is 51.0 Å². The average molecular weight is 735 g/mol. The minimum absolute atomic E-state index is 0.0340. The molecule has 4 aliphatic rings. The zero-order valence-electron chi connectivity index (χ0n) is 25.6. The third-order valence-electron chi connectivity index (χ3n) is 10.1. The predicted molar refractivity (Wildman–Crippen MR) is 167 cm³/mol. The number of nitrogens with zero attached hydrogens (tertiary/aromatic N) is 2. The molecule has 1 N–H and O–H groups in total. The van der Waals surface area contributed by atoms with Crippen LogP contribution in [0.5, 0.6) is 5.75 Å². The van der Waals surface area contributed by atoms with E-state index >= 15 is 8.78 Å². The van der Waals surface area contributed by atoms with Crippen molar-refractivity contribution >= 4 is 52.5 Å². The Morgan fingerprint density at radius 1 is 0.800 bits per heavy atom. The summed E-state index contributed by atoms with van der Waals surface area (Å²) in [6, 6.07) is 14.6. The summed E-state index contributed by atoms with van der Waals surface area (Å²) in [6.45, 7) is -0.384. The normalized spacial score (nSPS) is 28.8. The number of anilines is 1. The monoisotopic (exact) mass is 734 g/mol. The minimum atomic E-state index is -2.62. The first-order valence-electron chi connectivity index (χ1n) is 15.5. The molecule has 8 nitrogen and oxygen atoms in total. The number of allylic oxidation sites excluding steroid dienone is 2. The van der Waals surface area contributed by atoms with Gasteiger partial charge in [0.25, 0.3) is 11.8 Å². The summed E-state index contributed by atoms with van der Waals surface area (Å²) >= 11 is 14.3. The first-order chi connectivity index (χ1) is 23.8. The van der Waals surface area contributed by atoms with Gasteiger partial charge in [-0.25, -0.2) is 26.9 Å². The van der Waals surface area contributed by atoms with Gasteiger partial charge >= 0.3 is 0 Å². The van der Waals surface area contributed by atoms with Crippen LogP contribution in [-0.2, 0) is 25.7 Å². The molecule has 3 aromatic carbocycles. The maximum atomic E-state index is 15.2. The van der Waals surface area contributed by atoms with Crippen LogP contribution in [-0.4, -0.2) is 56.6 Å². The van der Waals surface area contributed by atoms with E-state index in [0.29, 0.717) is 16.9 Å². The van der Waals surface area contributed by atoms with Gasteiger partial charge in [0.2, 0.25) is 17.6 Å². The van der Waals surface area contributed by atoms with Gasteiger partial charge in [-0.1, -0.05) is 54.1 Å². The van der Waals surface area contributed by atoms with E-state index in [2.05, 4.69) is 0 Å². The van der Waals surface area contributed by atoms with E-state index < -0.39 is 98.2 Å². The Kier molecular flexibility index (Phi) is 8.31. The van der Waals surface area contributed by atoms with Crippen LogP contribution in [0.2, 0.25) is 0 Å². The summed E-state index contributed by atoms with van der Waals surface area (Å²) in [5.41, 5.74) is -0.596. The third kappa shape index (κ3) is 4.66. The van der Waals surface area contributed by atoms with E-state index in [1.807, 2.05) is 0 Å². The molecule has 6 unspecified atom stereocenters. The summed E-state index contributed by atoms with van der Waals surface area (Å²) in [7, 11) is 0. The van der Waals surface area contributed by atoms with Gasteiger partial charge in [0, 0.05) is 5.92 Å². The highest BCUT2D eigenvalue weighted by molar-refractivity contribution is 6.58. The minimum Gasteiger partial charge on any atom is -0.491 e. The number of aliphatic hydroxyl groups excluding tert-OH is 1. The fraction of sp³-hybridized carbons (Fsp3) is 0.314. The van der Waals surface area contributed by atoms with Crippen LogP contribution in [0.15, 0.2) is 66.2 Å². The van der Waals surface area contributed by atoms with Gasteiger partial charge in [0.1, 0.15) is 18.0 Å². The van der Waals surface area contributed by atoms with E-state index in [9.17, 15) is 32.3 Å². The number of rotatable bonds is 7. The molecular weight excluding hydrogens is 710 g/mol. The highest BCUT2D eigenvalue weighted by Crippen LogP contribution is 2.66. The number of aliphatic hydroxyl groups is 1. The lowest BCUT2D eigenvalue weighted by molar-refractivity contribution is -0.141. The predicted octanol–water partition coefficient (Wildman–Crippen LogP) is 5.52. The second-order valence-electron chi connectivity index (χ2n) is 12.6. The average Bonchev–Trinajstić information content (AvgIpc) is 3.44. The van der Waals surface area contributed by atoms with Crippen LogP contribution in [0.1, 0.15) is 29.9 Å². The molecule has 2 heterocycles.